The molecule has 1 heterocycles. The summed E-state index contributed by atoms with van der Waals surface area (Å²) in [6.07, 6.45) is -4.63. The van der Waals surface area contributed by atoms with Gasteiger partial charge in [0.25, 0.3) is 6.43 Å². The van der Waals surface area contributed by atoms with Gasteiger partial charge in [0.15, 0.2) is 0 Å². The molecule has 0 spiro atoms. The van der Waals surface area contributed by atoms with Gasteiger partial charge in [0.05, 0.1) is 24.8 Å². The van der Waals surface area contributed by atoms with Crippen LogP contribution in [0.3, 0.4) is 0 Å². The van der Waals surface area contributed by atoms with Gasteiger partial charge >= 0.3 is 10.2 Å². The minimum atomic E-state index is -4.17. The maximum atomic E-state index is 15.1. The van der Waals surface area contributed by atoms with Crippen molar-refractivity contribution >= 4 is 16.1 Å². The molecule has 2 saturated carbocycles. The molecule has 6 atom stereocenters. The standard InChI is InChI=1S/C14H21F3N2O5S/c15-11(16)6-24-8-2-1-7-3-10(20)14(13(17)9(7)4-8)19-5-12(21)18-25(19,22)23/h7-11,13-14,20H,1-6H2,(H,18,21). The first kappa shape index (κ1) is 18.9. The van der Waals surface area contributed by atoms with Crippen LogP contribution in [-0.4, -0.2) is 67.7 Å². The Morgan fingerprint density at radius 1 is 1.32 bits per heavy atom. The molecule has 7 nitrogen and oxygen atoms in total. The van der Waals surface area contributed by atoms with E-state index in [2.05, 4.69) is 0 Å². The third-order valence-corrected chi connectivity index (χ3v) is 6.79. The van der Waals surface area contributed by atoms with Crippen LogP contribution in [-0.2, 0) is 19.7 Å². The molecule has 1 aliphatic heterocycles. The average Bonchev–Trinajstić information content (AvgIpc) is 2.78. The van der Waals surface area contributed by atoms with Crippen molar-refractivity contribution in [2.24, 2.45) is 11.8 Å². The van der Waals surface area contributed by atoms with E-state index in [9.17, 15) is 27.1 Å². The number of carbonyl (C=O) groups is 1. The summed E-state index contributed by atoms with van der Waals surface area (Å²) in [6.45, 7) is -1.25. The van der Waals surface area contributed by atoms with E-state index >= 15 is 4.39 Å². The van der Waals surface area contributed by atoms with Crippen molar-refractivity contribution < 1.29 is 36.2 Å². The fraction of sp³-hybridized carbons (Fsp3) is 0.929. The van der Waals surface area contributed by atoms with Crippen LogP contribution >= 0.6 is 0 Å². The number of amides is 1. The summed E-state index contributed by atoms with van der Waals surface area (Å²) < 4.78 is 71.2. The Hall–Kier alpha value is -0.910. The maximum absolute atomic E-state index is 15.1. The van der Waals surface area contributed by atoms with Gasteiger partial charge in [-0.2, -0.15) is 12.7 Å². The van der Waals surface area contributed by atoms with E-state index in [-0.39, 0.29) is 18.8 Å². The van der Waals surface area contributed by atoms with Gasteiger partial charge in [-0.25, -0.2) is 17.9 Å². The first-order valence-corrected chi connectivity index (χ1v) is 9.67. The summed E-state index contributed by atoms with van der Waals surface area (Å²) in [5.74, 6) is -1.54. The van der Waals surface area contributed by atoms with E-state index < -0.39 is 66.0 Å². The summed E-state index contributed by atoms with van der Waals surface area (Å²) in [6, 6.07) is -1.36. The lowest BCUT2D eigenvalue weighted by Gasteiger charge is -2.47. The fourth-order valence-corrected chi connectivity index (χ4v) is 5.60. The minimum absolute atomic E-state index is 0.165. The molecule has 25 heavy (non-hydrogen) atoms. The van der Waals surface area contributed by atoms with Crippen LogP contribution in [0.4, 0.5) is 13.2 Å². The molecule has 1 saturated heterocycles. The predicted octanol–water partition coefficient (Wildman–Crippen LogP) is 0.201. The Labute approximate surface area is 143 Å². The SMILES string of the molecule is O=C1CN(C2C(O)CC3CCC(OCC(F)F)CC3C2F)S(=O)(=O)N1. The van der Waals surface area contributed by atoms with Crippen molar-refractivity contribution in [2.45, 2.75) is 56.5 Å². The van der Waals surface area contributed by atoms with E-state index in [1.54, 1.807) is 4.72 Å². The summed E-state index contributed by atoms with van der Waals surface area (Å²) in [5, 5.41) is 10.3. The molecule has 2 N–H and O–H groups in total. The zero-order chi connectivity index (χ0) is 18.4. The Kier molecular flexibility index (Phi) is 5.29. The summed E-state index contributed by atoms with van der Waals surface area (Å²) in [7, 11) is -4.17. The molecule has 0 radical (unpaired) electrons. The molecule has 11 heteroatoms. The number of aliphatic hydroxyl groups excluding tert-OH is 1. The number of hydrogen-bond acceptors (Lipinski definition) is 5. The third kappa shape index (κ3) is 3.79. The van der Waals surface area contributed by atoms with Gasteiger partial charge < -0.3 is 9.84 Å². The van der Waals surface area contributed by atoms with Gasteiger partial charge in [-0.15, -0.1) is 0 Å². The van der Waals surface area contributed by atoms with Crippen LogP contribution in [0.1, 0.15) is 25.7 Å². The van der Waals surface area contributed by atoms with Gasteiger partial charge in [-0.3, -0.25) is 4.79 Å². The van der Waals surface area contributed by atoms with E-state index in [1.807, 2.05) is 0 Å². The molecular formula is C14H21F3N2O5S. The zero-order valence-electron chi connectivity index (χ0n) is 13.4. The number of hydrogen-bond donors (Lipinski definition) is 2. The van der Waals surface area contributed by atoms with Crippen molar-refractivity contribution in [3.63, 3.8) is 0 Å². The van der Waals surface area contributed by atoms with Crippen molar-refractivity contribution in [3.8, 4) is 0 Å². The van der Waals surface area contributed by atoms with Crippen LogP contribution in [0.15, 0.2) is 0 Å². The van der Waals surface area contributed by atoms with Crippen LogP contribution in [0.5, 0.6) is 0 Å². The minimum Gasteiger partial charge on any atom is -0.391 e. The van der Waals surface area contributed by atoms with Crippen molar-refractivity contribution in [1.29, 1.82) is 0 Å². The van der Waals surface area contributed by atoms with E-state index in [1.165, 1.54) is 0 Å². The molecule has 2 aliphatic carbocycles. The van der Waals surface area contributed by atoms with Crippen molar-refractivity contribution in [3.05, 3.63) is 0 Å². The van der Waals surface area contributed by atoms with Crippen LogP contribution in [0.2, 0.25) is 0 Å². The highest BCUT2D eigenvalue weighted by molar-refractivity contribution is 7.88. The fourth-order valence-electron chi connectivity index (χ4n) is 4.26. The Bertz CT molecular complexity index is 620. The van der Waals surface area contributed by atoms with Crippen LogP contribution in [0, 0.1) is 11.8 Å². The van der Waals surface area contributed by atoms with Gasteiger partial charge in [0.1, 0.15) is 12.8 Å². The lowest BCUT2D eigenvalue weighted by molar-refractivity contribution is -0.121. The number of alkyl halides is 3. The Balaban J connectivity index is 1.74. The number of fused-ring (bicyclic) bond motifs is 1. The lowest BCUT2D eigenvalue weighted by Crippen LogP contribution is -2.59. The Morgan fingerprint density at radius 3 is 2.64 bits per heavy atom. The highest BCUT2D eigenvalue weighted by atomic mass is 32.2. The smallest absolute Gasteiger partial charge is 0.304 e. The number of nitrogens with one attached hydrogen (secondary N) is 1. The molecule has 6 unspecified atom stereocenters. The summed E-state index contributed by atoms with van der Waals surface area (Å²) in [4.78, 5) is 11.4. The quantitative estimate of drug-likeness (QED) is 0.720. The van der Waals surface area contributed by atoms with E-state index in [0.29, 0.717) is 17.1 Å². The van der Waals surface area contributed by atoms with Gasteiger partial charge in [0.2, 0.25) is 5.91 Å². The normalized spacial score (nSPS) is 41.6. The summed E-state index contributed by atoms with van der Waals surface area (Å²) >= 11 is 0. The van der Waals surface area contributed by atoms with Gasteiger partial charge in [-0.1, -0.05) is 0 Å². The second-order valence-corrected chi connectivity index (χ2v) is 8.52. The van der Waals surface area contributed by atoms with Crippen LogP contribution < -0.4 is 4.72 Å². The highest BCUT2D eigenvalue weighted by Crippen LogP contribution is 2.45. The molecule has 0 aromatic rings. The molecule has 0 bridgehead atoms. The number of aliphatic hydroxyl groups is 1. The molecule has 144 valence electrons. The second-order valence-electron chi connectivity index (χ2n) is 6.90. The predicted molar refractivity (Wildman–Crippen MR) is 79.7 cm³/mol. The van der Waals surface area contributed by atoms with Gasteiger partial charge in [-0.05, 0) is 37.5 Å². The monoisotopic (exact) mass is 386 g/mol. The van der Waals surface area contributed by atoms with E-state index in [4.69, 9.17) is 4.74 Å². The third-order valence-electron chi connectivity index (χ3n) is 5.32. The van der Waals surface area contributed by atoms with Crippen molar-refractivity contribution in [1.82, 2.24) is 9.03 Å². The largest absolute Gasteiger partial charge is 0.391 e. The first-order valence-electron chi connectivity index (χ1n) is 8.23. The van der Waals surface area contributed by atoms with Gasteiger partial charge in [0, 0.05) is 0 Å². The molecule has 0 aromatic carbocycles. The molecule has 0 aromatic heterocycles. The Morgan fingerprint density at radius 2 is 2.04 bits per heavy atom. The number of ether oxygens (including phenoxy) is 1. The zero-order valence-corrected chi connectivity index (χ0v) is 14.2. The molecular weight excluding hydrogens is 365 g/mol. The number of halogens is 3. The molecule has 3 aliphatic rings. The summed E-state index contributed by atoms with van der Waals surface area (Å²) in [5.41, 5.74) is 0. The average molecular weight is 386 g/mol. The molecule has 3 rings (SSSR count). The lowest BCUT2D eigenvalue weighted by atomic mass is 9.66. The first-order chi connectivity index (χ1) is 11.7. The van der Waals surface area contributed by atoms with Crippen LogP contribution in [0.25, 0.3) is 0 Å². The molecule has 3 fully saturated rings. The number of nitrogens with zero attached hydrogens (tertiary/aromatic N) is 1. The topological polar surface area (TPSA) is 95.9 Å². The number of carbonyl (C=O) groups excluding carboxylic acids is 1. The number of rotatable bonds is 4. The second kappa shape index (κ2) is 7.01. The van der Waals surface area contributed by atoms with E-state index in [0.717, 1.165) is 0 Å². The maximum Gasteiger partial charge on any atom is 0.304 e. The van der Waals surface area contributed by atoms with Crippen molar-refractivity contribution in [2.75, 3.05) is 13.2 Å². The highest BCUT2D eigenvalue weighted by Gasteiger charge is 2.53. The molecule has 1 amide bonds.